The predicted octanol–water partition coefficient (Wildman–Crippen LogP) is 1.88. The first-order valence-corrected chi connectivity index (χ1v) is 4.05. The molecule has 0 unspecified atom stereocenters. The average Bonchev–Trinajstić information content (AvgIpc) is 2.18. The molecule has 0 aliphatic rings. The highest BCUT2D eigenvalue weighted by Crippen LogP contribution is 2.14. The summed E-state index contributed by atoms with van der Waals surface area (Å²) in [5.74, 6) is 0.0572. The summed E-state index contributed by atoms with van der Waals surface area (Å²) in [5.41, 5.74) is 1.42. The van der Waals surface area contributed by atoms with E-state index in [2.05, 4.69) is 16.9 Å². The molecular formula is C10H12N2O. The van der Waals surface area contributed by atoms with Crippen molar-refractivity contribution in [2.45, 2.75) is 6.42 Å². The van der Waals surface area contributed by atoms with Crippen LogP contribution >= 0.6 is 0 Å². The Balaban J connectivity index is 2.98. The monoisotopic (exact) mass is 176 g/mol. The van der Waals surface area contributed by atoms with E-state index >= 15 is 0 Å². The van der Waals surface area contributed by atoms with Gasteiger partial charge in [-0.3, -0.25) is 9.78 Å². The fraction of sp³-hybridized carbons (Fsp3) is 0.200. The number of anilines is 1. The lowest BCUT2D eigenvalue weighted by Gasteiger charge is -2.04. The van der Waals surface area contributed by atoms with E-state index in [1.807, 2.05) is 0 Å². The van der Waals surface area contributed by atoms with Gasteiger partial charge in [0.25, 0.3) is 0 Å². The van der Waals surface area contributed by atoms with Gasteiger partial charge in [-0.25, -0.2) is 0 Å². The van der Waals surface area contributed by atoms with Gasteiger partial charge in [0.05, 0.1) is 11.9 Å². The number of pyridine rings is 1. The lowest BCUT2D eigenvalue weighted by molar-refractivity contribution is 0.0996. The fourth-order valence-corrected chi connectivity index (χ4v) is 1.08. The highest BCUT2D eigenvalue weighted by Gasteiger charge is 2.07. The second-order valence-electron chi connectivity index (χ2n) is 2.59. The van der Waals surface area contributed by atoms with Crippen LogP contribution in [0.2, 0.25) is 0 Å². The Morgan fingerprint density at radius 1 is 1.77 bits per heavy atom. The van der Waals surface area contributed by atoms with Crippen LogP contribution in [0.5, 0.6) is 0 Å². The number of hydrogen-bond donors (Lipinski definition) is 1. The van der Waals surface area contributed by atoms with E-state index in [9.17, 15) is 4.79 Å². The maximum absolute atomic E-state index is 11.5. The highest BCUT2D eigenvalue weighted by atomic mass is 16.1. The van der Waals surface area contributed by atoms with Gasteiger partial charge in [0.1, 0.15) is 0 Å². The average molecular weight is 176 g/mol. The third-order valence-corrected chi connectivity index (χ3v) is 1.72. The molecule has 0 aromatic carbocycles. The Hall–Kier alpha value is -1.64. The highest BCUT2D eigenvalue weighted by molar-refractivity contribution is 6.01. The van der Waals surface area contributed by atoms with Crippen LogP contribution in [-0.4, -0.2) is 17.8 Å². The molecule has 0 fully saturated rings. The first-order chi connectivity index (χ1) is 6.29. The van der Waals surface area contributed by atoms with Gasteiger partial charge in [-0.1, -0.05) is 6.08 Å². The summed E-state index contributed by atoms with van der Waals surface area (Å²) in [4.78, 5) is 15.4. The Morgan fingerprint density at radius 3 is 3.15 bits per heavy atom. The van der Waals surface area contributed by atoms with Gasteiger partial charge in [0.2, 0.25) is 0 Å². The number of ketones is 1. The van der Waals surface area contributed by atoms with Crippen molar-refractivity contribution in [1.82, 2.24) is 4.98 Å². The molecule has 13 heavy (non-hydrogen) atoms. The summed E-state index contributed by atoms with van der Waals surface area (Å²) in [5, 5.41) is 2.92. The van der Waals surface area contributed by atoms with Crippen LogP contribution in [0.15, 0.2) is 31.1 Å². The summed E-state index contributed by atoms with van der Waals surface area (Å²) in [6.45, 7) is 3.52. The van der Waals surface area contributed by atoms with Crippen molar-refractivity contribution >= 4 is 11.5 Å². The minimum absolute atomic E-state index is 0.0572. The van der Waals surface area contributed by atoms with Gasteiger partial charge in [-0.05, 0) is 6.07 Å². The number of allylic oxidation sites excluding steroid dienone is 1. The van der Waals surface area contributed by atoms with Crippen molar-refractivity contribution in [3.63, 3.8) is 0 Å². The molecular weight excluding hydrogens is 164 g/mol. The van der Waals surface area contributed by atoms with Crippen molar-refractivity contribution in [3.8, 4) is 0 Å². The molecule has 1 heterocycles. The van der Waals surface area contributed by atoms with Gasteiger partial charge in [0.15, 0.2) is 5.78 Å². The molecule has 0 aliphatic carbocycles. The maximum Gasteiger partial charge on any atom is 0.168 e. The predicted molar refractivity (Wildman–Crippen MR) is 52.9 cm³/mol. The van der Waals surface area contributed by atoms with E-state index in [0.29, 0.717) is 12.0 Å². The Bertz CT molecular complexity index is 320. The van der Waals surface area contributed by atoms with Gasteiger partial charge in [-0.2, -0.15) is 0 Å². The molecule has 0 bridgehead atoms. The first kappa shape index (κ1) is 9.45. The smallest absolute Gasteiger partial charge is 0.168 e. The number of nitrogens with zero attached hydrogens (tertiary/aromatic N) is 1. The molecule has 0 atom stereocenters. The Kier molecular flexibility index (Phi) is 3.20. The number of Topliss-reactive ketones (excluding diaryl/α,β-unsaturated/α-hetero) is 1. The first-order valence-electron chi connectivity index (χ1n) is 4.05. The van der Waals surface area contributed by atoms with Crippen LogP contribution in [0.1, 0.15) is 16.8 Å². The molecule has 68 valence electrons. The van der Waals surface area contributed by atoms with Gasteiger partial charge in [0, 0.05) is 25.2 Å². The summed E-state index contributed by atoms with van der Waals surface area (Å²) in [6.07, 6.45) is 5.20. The third kappa shape index (κ3) is 2.15. The van der Waals surface area contributed by atoms with Crippen molar-refractivity contribution in [2.24, 2.45) is 0 Å². The third-order valence-electron chi connectivity index (χ3n) is 1.72. The molecule has 0 radical (unpaired) electrons. The lowest BCUT2D eigenvalue weighted by Crippen LogP contribution is -2.03. The number of hydrogen-bond acceptors (Lipinski definition) is 3. The van der Waals surface area contributed by atoms with E-state index in [4.69, 9.17) is 0 Å². The van der Waals surface area contributed by atoms with E-state index in [-0.39, 0.29) is 5.78 Å². The SMILES string of the molecule is C=CCC(=O)c1ccncc1NC. The molecule has 0 saturated carbocycles. The quantitative estimate of drug-likeness (QED) is 0.562. The van der Waals surface area contributed by atoms with E-state index in [1.165, 1.54) is 0 Å². The number of carbonyl (C=O) groups excluding carboxylic acids is 1. The zero-order valence-electron chi connectivity index (χ0n) is 7.58. The summed E-state index contributed by atoms with van der Waals surface area (Å²) >= 11 is 0. The van der Waals surface area contributed by atoms with Crippen molar-refractivity contribution in [1.29, 1.82) is 0 Å². The van der Waals surface area contributed by atoms with Gasteiger partial charge < -0.3 is 5.32 Å². The standard InChI is InChI=1S/C10H12N2O/c1-3-4-10(13)8-5-6-12-7-9(8)11-2/h3,5-7,11H,1,4H2,2H3. The molecule has 0 saturated heterocycles. The zero-order chi connectivity index (χ0) is 9.68. The van der Waals surface area contributed by atoms with E-state index in [0.717, 1.165) is 5.69 Å². The molecule has 1 N–H and O–H groups in total. The van der Waals surface area contributed by atoms with Crippen LogP contribution in [-0.2, 0) is 0 Å². The molecule has 3 nitrogen and oxygen atoms in total. The molecule has 1 rings (SSSR count). The summed E-state index contributed by atoms with van der Waals surface area (Å²) in [7, 11) is 1.77. The molecule has 0 amide bonds. The number of rotatable bonds is 4. The largest absolute Gasteiger partial charge is 0.386 e. The number of aromatic nitrogens is 1. The van der Waals surface area contributed by atoms with E-state index in [1.54, 1.807) is 31.6 Å². The maximum atomic E-state index is 11.5. The topological polar surface area (TPSA) is 42.0 Å². The molecule has 1 aromatic heterocycles. The lowest BCUT2D eigenvalue weighted by atomic mass is 10.1. The minimum Gasteiger partial charge on any atom is -0.386 e. The van der Waals surface area contributed by atoms with Crippen molar-refractivity contribution in [2.75, 3.05) is 12.4 Å². The van der Waals surface area contributed by atoms with Crippen LogP contribution < -0.4 is 5.32 Å². The molecule has 3 heteroatoms. The summed E-state index contributed by atoms with van der Waals surface area (Å²) < 4.78 is 0. The van der Waals surface area contributed by atoms with Crippen LogP contribution in [0.25, 0.3) is 0 Å². The van der Waals surface area contributed by atoms with Gasteiger partial charge >= 0.3 is 0 Å². The fourth-order valence-electron chi connectivity index (χ4n) is 1.08. The molecule has 1 aromatic rings. The zero-order valence-corrected chi connectivity index (χ0v) is 7.58. The van der Waals surface area contributed by atoms with Gasteiger partial charge in [-0.15, -0.1) is 6.58 Å². The second kappa shape index (κ2) is 4.40. The van der Waals surface area contributed by atoms with Crippen LogP contribution in [0.3, 0.4) is 0 Å². The molecule has 0 aliphatic heterocycles. The van der Waals surface area contributed by atoms with Crippen molar-refractivity contribution in [3.05, 3.63) is 36.7 Å². The normalized spacial score (nSPS) is 9.31. The van der Waals surface area contributed by atoms with Crippen LogP contribution in [0.4, 0.5) is 5.69 Å². The molecule has 0 spiro atoms. The summed E-state index contributed by atoms with van der Waals surface area (Å²) in [6, 6.07) is 1.71. The second-order valence-corrected chi connectivity index (χ2v) is 2.59. The minimum atomic E-state index is 0.0572. The Morgan fingerprint density at radius 2 is 2.54 bits per heavy atom. The number of nitrogens with one attached hydrogen (secondary N) is 1. The van der Waals surface area contributed by atoms with Crippen molar-refractivity contribution < 1.29 is 4.79 Å². The van der Waals surface area contributed by atoms with Crippen LogP contribution in [0, 0.1) is 0 Å². The Labute approximate surface area is 77.5 Å². The number of carbonyl (C=O) groups is 1. The van der Waals surface area contributed by atoms with E-state index < -0.39 is 0 Å².